The van der Waals surface area contributed by atoms with Gasteiger partial charge in [-0.1, -0.05) is 12.1 Å². The number of fused-ring (bicyclic) bond motifs is 1. The average molecular weight is 392 g/mol. The lowest BCUT2D eigenvalue weighted by molar-refractivity contribution is -0.136. The number of carbonyl (C=O) groups excluding carboxylic acids is 1. The summed E-state index contributed by atoms with van der Waals surface area (Å²) in [7, 11) is 0. The zero-order valence-corrected chi connectivity index (χ0v) is 15.5. The van der Waals surface area contributed by atoms with Gasteiger partial charge in [-0.05, 0) is 48.7 Å². The molecule has 0 radical (unpaired) electrons. The van der Waals surface area contributed by atoms with E-state index in [2.05, 4.69) is 15.5 Å². The zero-order chi connectivity index (χ0) is 21.0. The molecule has 0 aliphatic carbocycles. The number of aryl methyl sites for hydroxylation is 1. The van der Waals surface area contributed by atoms with Gasteiger partial charge in [0.25, 0.3) is 0 Å². The van der Waals surface area contributed by atoms with Gasteiger partial charge in [0, 0.05) is 23.4 Å². The smallest absolute Gasteiger partial charge is 0.303 e. The van der Waals surface area contributed by atoms with E-state index in [0.29, 0.717) is 27.7 Å². The summed E-state index contributed by atoms with van der Waals surface area (Å²) in [4.78, 5) is 23.2. The number of aromatic amines is 1. The van der Waals surface area contributed by atoms with Crippen molar-refractivity contribution in [1.29, 1.82) is 5.26 Å². The van der Waals surface area contributed by atoms with Gasteiger partial charge in [0.1, 0.15) is 11.9 Å². The molecule has 2 aromatic carbocycles. The molecule has 0 spiro atoms. The van der Waals surface area contributed by atoms with E-state index in [4.69, 9.17) is 10.4 Å². The van der Waals surface area contributed by atoms with Crippen molar-refractivity contribution < 1.29 is 19.1 Å². The van der Waals surface area contributed by atoms with Gasteiger partial charge < -0.3 is 10.4 Å². The van der Waals surface area contributed by atoms with E-state index in [1.54, 1.807) is 24.3 Å². The normalized spacial score (nSPS) is 10.9. The van der Waals surface area contributed by atoms with Crippen LogP contribution in [0.3, 0.4) is 0 Å². The van der Waals surface area contributed by atoms with E-state index >= 15 is 0 Å². The summed E-state index contributed by atoms with van der Waals surface area (Å²) in [6, 6.07) is 9.95. The van der Waals surface area contributed by atoms with Crippen molar-refractivity contribution in [3.8, 4) is 6.07 Å². The molecule has 3 N–H and O–H groups in total. The van der Waals surface area contributed by atoms with Gasteiger partial charge in [-0.25, -0.2) is 4.39 Å². The van der Waals surface area contributed by atoms with Crippen molar-refractivity contribution in [3.05, 3.63) is 64.6 Å². The number of carboxylic acid groups (broad SMARTS) is 1. The Hall–Kier alpha value is -3.99. The first-order valence-electron chi connectivity index (χ1n) is 8.76. The molecule has 3 rings (SSSR count). The Morgan fingerprint density at radius 2 is 2.14 bits per heavy atom. The molecule has 0 aliphatic rings. The van der Waals surface area contributed by atoms with Crippen molar-refractivity contribution in [2.75, 3.05) is 5.32 Å². The molecule has 0 fully saturated rings. The minimum absolute atomic E-state index is 0.126. The van der Waals surface area contributed by atoms with Crippen molar-refractivity contribution in [3.63, 3.8) is 0 Å². The highest BCUT2D eigenvalue weighted by Gasteiger charge is 2.13. The number of hydrogen-bond donors (Lipinski definition) is 3. The SMILES string of the molecule is Cc1c(F)ccc(CCC(=O)O)c1NC(=O)C=Cc1ccc2c(C#N)n[nH]c2c1. The summed E-state index contributed by atoms with van der Waals surface area (Å²) < 4.78 is 13.9. The second-order valence-corrected chi connectivity index (χ2v) is 6.41. The third kappa shape index (κ3) is 4.47. The van der Waals surface area contributed by atoms with Crippen LogP contribution in [0.4, 0.5) is 10.1 Å². The van der Waals surface area contributed by atoms with E-state index in [1.807, 2.05) is 6.07 Å². The lowest BCUT2D eigenvalue weighted by Gasteiger charge is -2.13. The lowest BCUT2D eigenvalue weighted by atomic mass is 10.0. The van der Waals surface area contributed by atoms with Gasteiger partial charge in [0.2, 0.25) is 5.91 Å². The minimum atomic E-state index is -0.974. The van der Waals surface area contributed by atoms with Gasteiger partial charge in [-0.15, -0.1) is 0 Å². The number of aromatic nitrogens is 2. The largest absolute Gasteiger partial charge is 0.481 e. The van der Waals surface area contributed by atoms with E-state index in [1.165, 1.54) is 25.1 Å². The molecule has 1 aromatic heterocycles. The molecule has 0 saturated heterocycles. The molecule has 8 heteroatoms. The predicted molar refractivity (Wildman–Crippen MR) is 106 cm³/mol. The molecule has 146 valence electrons. The minimum Gasteiger partial charge on any atom is -0.481 e. The van der Waals surface area contributed by atoms with E-state index < -0.39 is 17.7 Å². The van der Waals surface area contributed by atoms with Crippen LogP contribution in [-0.4, -0.2) is 27.2 Å². The summed E-state index contributed by atoms with van der Waals surface area (Å²) in [6.45, 7) is 1.53. The maximum atomic E-state index is 13.9. The number of nitriles is 1. The first-order chi connectivity index (χ1) is 13.9. The summed E-state index contributed by atoms with van der Waals surface area (Å²) in [5.74, 6) is -1.93. The fourth-order valence-corrected chi connectivity index (χ4v) is 2.93. The van der Waals surface area contributed by atoms with Crippen LogP contribution in [0.25, 0.3) is 17.0 Å². The number of carboxylic acids is 1. The standard InChI is InChI=1S/C21H17FN4O3/c1-12-16(22)7-4-14(5-9-20(28)29)21(12)24-19(27)8-3-13-2-6-15-17(10-13)25-26-18(15)11-23/h2-4,6-8,10H,5,9H2,1H3,(H,24,27)(H,25,26)(H,28,29). The number of aliphatic carboxylic acids is 1. The van der Waals surface area contributed by atoms with E-state index in [9.17, 15) is 14.0 Å². The van der Waals surface area contributed by atoms with Crippen molar-refractivity contribution in [2.45, 2.75) is 19.8 Å². The Morgan fingerprint density at radius 1 is 1.34 bits per heavy atom. The molecule has 7 nitrogen and oxygen atoms in total. The number of hydrogen-bond acceptors (Lipinski definition) is 4. The summed E-state index contributed by atoms with van der Waals surface area (Å²) in [6.07, 6.45) is 2.92. The number of halogens is 1. The Kier molecular flexibility index (Phi) is 5.69. The number of benzene rings is 2. The highest BCUT2D eigenvalue weighted by molar-refractivity contribution is 6.03. The molecule has 3 aromatic rings. The van der Waals surface area contributed by atoms with Crippen LogP contribution >= 0.6 is 0 Å². The highest BCUT2D eigenvalue weighted by atomic mass is 19.1. The maximum absolute atomic E-state index is 13.9. The number of anilines is 1. The molecule has 0 unspecified atom stereocenters. The summed E-state index contributed by atoms with van der Waals surface area (Å²) in [5, 5.41) is 27.8. The fraction of sp³-hybridized carbons (Fsp3) is 0.143. The Bertz CT molecular complexity index is 1170. The molecule has 0 saturated carbocycles. The number of nitrogens with one attached hydrogen (secondary N) is 2. The lowest BCUT2D eigenvalue weighted by Crippen LogP contribution is -2.12. The molecule has 0 aliphatic heterocycles. The predicted octanol–water partition coefficient (Wildman–Crippen LogP) is 3.55. The average Bonchev–Trinajstić information content (AvgIpc) is 3.11. The van der Waals surface area contributed by atoms with Crippen LogP contribution in [0.2, 0.25) is 0 Å². The number of H-pyrrole nitrogens is 1. The van der Waals surface area contributed by atoms with Gasteiger partial charge in [-0.3, -0.25) is 14.7 Å². The summed E-state index contributed by atoms with van der Waals surface area (Å²) >= 11 is 0. The third-order valence-electron chi connectivity index (χ3n) is 4.46. The van der Waals surface area contributed by atoms with E-state index in [-0.39, 0.29) is 24.1 Å². The van der Waals surface area contributed by atoms with Crippen LogP contribution in [0.5, 0.6) is 0 Å². The number of nitrogens with zero attached hydrogens (tertiary/aromatic N) is 2. The monoisotopic (exact) mass is 392 g/mol. The molecular weight excluding hydrogens is 375 g/mol. The fourth-order valence-electron chi connectivity index (χ4n) is 2.93. The summed E-state index contributed by atoms with van der Waals surface area (Å²) in [5.41, 5.74) is 2.75. The van der Waals surface area contributed by atoms with Crippen LogP contribution in [0.15, 0.2) is 36.4 Å². The zero-order valence-electron chi connectivity index (χ0n) is 15.5. The number of carbonyl (C=O) groups is 2. The van der Waals surface area contributed by atoms with E-state index in [0.717, 1.165) is 0 Å². The number of rotatable bonds is 6. The second-order valence-electron chi connectivity index (χ2n) is 6.41. The molecule has 0 bridgehead atoms. The topological polar surface area (TPSA) is 119 Å². The first kappa shape index (κ1) is 19.8. The van der Waals surface area contributed by atoms with Gasteiger partial charge in [0.15, 0.2) is 5.69 Å². The van der Waals surface area contributed by atoms with Crippen LogP contribution < -0.4 is 5.32 Å². The van der Waals surface area contributed by atoms with Crippen LogP contribution in [-0.2, 0) is 16.0 Å². The Labute approximate surface area is 165 Å². The van der Waals surface area contributed by atoms with Crippen molar-refractivity contribution >= 4 is 34.5 Å². The molecule has 29 heavy (non-hydrogen) atoms. The molecule has 1 amide bonds. The van der Waals surface area contributed by atoms with Crippen LogP contribution in [0, 0.1) is 24.1 Å². The Morgan fingerprint density at radius 3 is 2.86 bits per heavy atom. The van der Waals surface area contributed by atoms with Gasteiger partial charge in [0.05, 0.1) is 11.2 Å². The molecular formula is C21H17FN4O3. The number of amides is 1. The highest BCUT2D eigenvalue weighted by Crippen LogP contribution is 2.25. The molecule has 1 heterocycles. The van der Waals surface area contributed by atoms with Crippen molar-refractivity contribution in [2.24, 2.45) is 0 Å². The maximum Gasteiger partial charge on any atom is 0.303 e. The van der Waals surface area contributed by atoms with Crippen LogP contribution in [0.1, 0.15) is 28.8 Å². The van der Waals surface area contributed by atoms with Gasteiger partial charge in [-0.2, -0.15) is 10.4 Å². The quantitative estimate of drug-likeness (QED) is 0.554. The molecule has 0 atom stereocenters. The van der Waals surface area contributed by atoms with Gasteiger partial charge >= 0.3 is 5.97 Å². The Balaban J connectivity index is 1.79. The third-order valence-corrected chi connectivity index (χ3v) is 4.46. The first-order valence-corrected chi connectivity index (χ1v) is 8.76. The second kappa shape index (κ2) is 8.35. The van der Waals surface area contributed by atoms with Crippen molar-refractivity contribution in [1.82, 2.24) is 10.2 Å².